The molecule has 30 heavy (non-hydrogen) atoms. The van der Waals surface area contributed by atoms with Gasteiger partial charge in [-0.15, -0.1) is 11.6 Å². The first-order valence-corrected chi connectivity index (χ1v) is 10.3. The summed E-state index contributed by atoms with van der Waals surface area (Å²) >= 11 is 18.2. The Kier molecular flexibility index (Phi) is 6.97. The van der Waals surface area contributed by atoms with E-state index in [0.29, 0.717) is 51.5 Å². The van der Waals surface area contributed by atoms with Crippen molar-refractivity contribution in [3.05, 3.63) is 69.1 Å². The summed E-state index contributed by atoms with van der Waals surface area (Å²) in [6, 6.07) is 8.03. The highest BCUT2D eigenvalue weighted by Crippen LogP contribution is 2.28. The van der Waals surface area contributed by atoms with Crippen LogP contribution in [0.5, 0.6) is 0 Å². The molecule has 10 heteroatoms. The predicted octanol–water partition coefficient (Wildman–Crippen LogP) is 4.27. The van der Waals surface area contributed by atoms with Crippen LogP contribution in [0.1, 0.15) is 39.0 Å². The topological polar surface area (TPSA) is 103 Å². The molecule has 0 radical (unpaired) electrons. The zero-order valence-electron chi connectivity index (χ0n) is 16.0. The molecule has 3 N–H and O–H groups in total. The molecule has 3 aromatic rings. The lowest BCUT2D eigenvalue weighted by atomic mass is 10.0. The van der Waals surface area contributed by atoms with E-state index in [1.165, 1.54) is 10.7 Å². The van der Waals surface area contributed by atoms with Crippen LogP contribution in [0, 0.1) is 0 Å². The Labute approximate surface area is 188 Å². The van der Waals surface area contributed by atoms with Gasteiger partial charge in [-0.25, -0.2) is 9.67 Å². The van der Waals surface area contributed by atoms with Gasteiger partial charge in [0.05, 0.1) is 22.0 Å². The predicted molar refractivity (Wildman–Crippen MR) is 118 cm³/mol. The molecule has 0 unspecified atom stereocenters. The van der Waals surface area contributed by atoms with Crippen LogP contribution in [0.3, 0.4) is 0 Å². The number of nitrogens with two attached hydrogens (primary N) is 1. The molecule has 0 aliphatic carbocycles. The van der Waals surface area contributed by atoms with Crippen LogP contribution in [-0.4, -0.2) is 32.5 Å². The first-order valence-electron chi connectivity index (χ1n) is 9.05. The minimum absolute atomic E-state index is 0.121. The van der Waals surface area contributed by atoms with Gasteiger partial charge in [-0.05, 0) is 42.3 Å². The number of hydrogen-bond acceptors (Lipinski definition) is 4. The normalized spacial score (nSPS) is 10.8. The summed E-state index contributed by atoms with van der Waals surface area (Å²) in [5, 5.41) is 7.88. The molecule has 156 valence electrons. The molecule has 0 saturated carbocycles. The Hall–Kier alpha value is -2.61. The van der Waals surface area contributed by atoms with Crippen LogP contribution in [0.4, 0.5) is 5.69 Å². The van der Waals surface area contributed by atoms with E-state index >= 15 is 0 Å². The lowest BCUT2D eigenvalue weighted by Gasteiger charge is -2.15. The standard InChI is InChI=1S/C20H18Cl3N5O2/c1-2-11-8-12(22)9-14(18(24)29)17(11)26-20(30)16-10-13(5-6-21)27-28(16)19-15(23)4-3-7-25-19/h3-4,7-10H,2,5-6H2,1H3,(H2,24,29)(H,26,30). The quantitative estimate of drug-likeness (QED) is 0.507. The zero-order valence-corrected chi connectivity index (χ0v) is 18.2. The first kappa shape index (κ1) is 22.1. The van der Waals surface area contributed by atoms with Crippen molar-refractivity contribution in [3.8, 4) is 5.82 Å². The zero-order chi connectivity index (χ0) is 21.8. The molecular formula is C20H18Cl3N5O2. The van der Waals surface area contributed by atoms with Gasteiger partial charge in [0.25, 0.3) is 11.8 Å². The fourth-order valence-corrected chi connectivity index (χ4v) is 3.60. The van der Waals surface area contributed by atoms with E-state index in [1.54, 1.807) is 30.5 Å². The molecule has 0 aliphatic rings. The number of halogens is 3. The molecule has 0 bridgehead atoms. The van der Waals surface area contributed by atoms with E-state index in [9.17, 15) is 9.59 Å². The van der Waals surface area contributed by atoms with E-state index < -0.39 is 11.8 Å². The number of nitrogens with one attached hydrogen (secondary N) is 1. The monoisotopic (exact) mass is 465 g/mol. The van der Waals surface area contributed by atoms with Crippen molar-refractivity contribution < 1.29 is 9.59 Å². The molecule has 7 nitrogen and oxygen atoms in total. The van der Waals surface area contributed by atoms with Crippen molar-refractivity contribution in [2.24, 2.45) is 5.73 Å². The van der Waals surface area contributed by atoms with Crippen LogP contribution < -0.4 is 11.1 Å². The highest BCUT2D eigenvalue weighted by Gasteiger charge is 2.22. The van der Waals surface area contributed by atoms with E-state index in [-0.39, 0.29) is 11.3 Å². The molecule has 0 aliphatic heterocycles. The Morgan fingerprint density at radius 1 is 1.23 bits per heavy atom. The highest BCUT2D eigenvalue weighted by molar-refractivity contribution is 6.32. The summed E-state index contributed by atoms with van der Waals surface area (Å²) in [5.74, 6) is -0.583. The van der Waals surface area contributed by atoms with Gasteiger partial charge in [0.1, 0.15) is 5.69 Å². The average Bonchev–Trinajstić information content (AvgIpc) is 3.13. The maximum Gasteiger partial charge on any atom is 0.274 e. The van der Waals surface area contributed by atoms with Crippen LogP contribution >= 0.6 is 34.8 Å². The third-order valence-corrected chi connectivity index (χ3v) is 5.05. The number of aromatic nitrogens is 3. The van der Waals surface area contributed by atoms with Gasteiger partial charge in [0.15, 0.2) is 5.82 Å². The fraction of sp³-hybridized carbons (Fsp3) is 0.200. The largest absolute Gasteiger partial charge is 0.366 e. The minimum Gasteiger partial charge on any atom is -0.366 e. The van der Waals surface area contributed by atoms with Gasteiger partial charge in [-0.2, -0.15) is 5.10 Å². The number of hydrogen-bond donors (Lipinski definition) is 2. The average molecular weight is 467 g/mol. The number of alkyl halides is 1. The smallest absolute Gasteiger partial charge is 0.274 e. The van der Waals surface area contributed by atoms with Crippen molar-refractivity contribution in [2.45, 2.75) is 19.8 Å². The van der Waals surface area contributed by atoms with Gasteiger partial charge in [0.2, 0.25) is 0 Å². The molecule has 0 spiro atoms. The van der Waals surface area contributed by atoms with Crippen molar-refractivity contribution in [1.29, 1.82) is 0 Å². The summed E-state index contributed by atoms with van der Waals surface area (Å²) in [7, 11) is 0. The van der Waals surface area contributed by atoms with Crippen molar-refractivity contribution in [2.75, 3.05) is 11.2 Å². The Balaban J connectivity index is 2.09. The van der Waals surface area contributed by atoms with Gasteiger partial charge >= 0.3 is 0 Å². The van der Waals surface area contributed by atoms with Gasteiger partial charge < -0.3 is 11.1 Å². The number of rotatable bonds is 7. The maximum absolute atomic E-state index is 13.2. The summed E-state index contributed by atoms with van der Waals surface area (Å²) in [6.07, 6.45) is 2.53. The SMILES string of the molecule is CCc1cc(Cl)cc(C(N)=O)c1NC(=O)c1cc(CCCl)nn1-c1ncccc1Cl. The Morgan fingerprint density at radius 2 is 2.00 bits per heavy atom. The van der Waals surface area contributed by atoms with Crippen molar-refractivity contribution >= 4 is 52.3 Å². The van der Waals surface area contributed by atoms with E-state index in [0.717, 1.165) is 0 Å². The number of carbonyl (C=O) groups is 2. The third kappa shape index (κ3) is 4.59. The second-order valence-electron chi connectivity index (χ2n) is 6.34. The summed E-state index contributed by atoms with van der Waals surface area (Å²) in [6.45, 7) is 1.88. The molecule has 1 aromatic carbocycles. The minimum atomic E-state index is -0.702. The molecule has 2 aromatic heterocycles. The number of nitrogens with zero attached hydrogens (tertiary/aromatic N) is 3. The maximum atomic E-state index is 13.2. The third-order valence-electron chi connectivity index (χ3n) is 4.35. The molecule has 2 amide bonds. The second-order valence-corrected chi connectivity index (χ2v) is 7.56. The van der Waals surface area contributed by atoms with Gasteiger partial charge in [0, 0.05) is 23.5 Å². The van der Waals surface area contributed by atoms with Gasteiger partial charge in [-0.1, -0.05) is 30.1 Å². The van der Waals surface area contributed by atoms with Crippen LogP contribution in [0.15, 0.2) is 36.5 Å². The number of primary amides is 1. The van der Waals surface area contributed by atoms with Crippen molar-refractivity contribution in [1.82, 2.24) is 14.8 Å². The fourth-order valence-electron chi connectivity index (χ4n) is 2.97. The number of pyridine rings is 1. The lowest BCUT2D eigenvalue weighted by Crippen LogP contribution is -2.22. The molecule has 0 fully saturated rings. The van der Waals surface area contributed by atoms with Crippen LogP contribution in [0.2, 0.25) is 10.0 Å². The highest BCUT2D eigenvalue weighted by atomic mass is 35.5. The first-order chi connectivity index (χ1) is 14.3. The number of carbonyl (C=O) groups excluding carboxylic acids is 2. The molecule has 2 heterocycles. The Morgan fingerprint density at radius 3 is 2.63 bits per heavy atom. The molecule has 0 atom stereocenters. The van der Waals surface area contributed by atoms with E-state index in [1.807, 2.05) is 6.92 Å². The molecule has 3 rings (SSSR count). The van der Waals surface area contributed by atoms with E-state index in [2.05, 4.69) is 15.4 Å². The number of amides is 2. The number of anilines is 1. The second kappa shape index (κ2) is 9.47. The number of benzene rings is 1. The van der Waals surface area contributed by atoms with Gasteiger partial charge in [-0.3, -0.25) is 9.59 Å². The number of aryl methyl sites for hydroxylation is 2. The lowest BCUT2D eigenvalue weighted by molar-refractivity contribution is 0.100. The van der Waals surface area contributed by atoms with E-state index in [4.69, 9.17) is 40.5 Å². The summed E-state index contributed by atoms with van der Waals surface area (Å²) in [4.78, 5) is 29.4. The van der Waals surface area contributed by atoms with Crippen LogP contribution in [-0.2, 0) is 12.8 Å². The summed E-state index contributed by atoms with van der Waals surface area (Å²) in [5.41, 5.74) is 7.38. The Bertz CT molecular complexity index is 1110. The summed E-state index contributed by atoms with van der Waals surface area (Å²) < 4.78 is 1.35. The van der Waals surface area contributed by atoms with Crippen LogP contribution in [0.25, 0.3) is 5.82 Å². The van der Waals surface area contributed by atoms with Crippen molar-refractivity contribution in [3.63, 3.8) is 0 Å². The molecular weight excluding hydrogens is 449 g/mol. The molecule has 0 saturated heterocycles.